The Balaban J connectivity index is 0.912. The van der Waals surface area contributed by atoms with E-state index in [0.29, 0.717) is 55.2 Å². The number of aryl methyl sites for hydroxylation is 1. The van der Waals surface area contributed by atoms with Crippen molar-refractivity contribution in [2.75, 3.05) is 52.5 Å². The zero-order valence-corrected chi connectivity index (χ0v) is 26.3. The molecule has 44 heavy (non-hydrogen) atoms. The summed E-state index contributed by atoms with van der Waals surface area (Å²) in [6.07, 6.45) is 0.982. The lowest BCUT2D eigenvalue weighted by Gasteiger charge is -2.47. The number of thiophene rings is 1. The van der Waals surface area contributed by atoms with Crippen LogP contribution in [0.3, 0.4) is 0 Å². The molecular formula is C32H38N4O6S2. The maximum atomic E-state index is 13.1. The minimum atomic E-state index is -0.821. The summed E-state index contributed by atoms with van der Waals surface area (Å²) < 4.78 is 12.9. The minimum absolute atomic E-state index is 0.00578. The highest BCUT2D eigenvalue weighted by atomic mass is 32.1. The van der Waals surface area contributed by atoms with Gasteiger partial charge in [0.05, 0.1) is 35.1 Å². The Morgan fingerprint density at radius 1 is 1.16 bits per heavy atom. The number of hydrogen-bond donors (Lipinski definition) is 4. The van der Waals surface area contributed by atoms with Crippen LogP contribution in [0.15, 0.2) is 52.6 Å². The number of hydrogen-bond acceptors (Lipinski definition) is 10. The number of aliphatic hydroxyl groups excluding tert-OH is 1. The van der Waals surface area contributed by atoms with Gasteiger partial charge in [-0.25, -0.2) is 0 Å². The summed E-state index contributed by atoms with van der Waals surface area (Å²) in [4.78, 5) is 32.6. The number of aliphatic hydroxyl groups is 1. The minimum Gasteiger partial charge on any atom is -0.506 e. The number of rotatable bonds is 10. The van der Waals surface area contributed by atoms with Crippen molar-refractivity contribution in [3.63, 3.8) is 0 Å². The van der Waals surface area contributed by atoms with E-state index in [9.17, 15) is 19.8 Å². The van der Waals surface area contributed by atoms with Crippen LogP contribution < -0.4 is 14.9 Å². The third-order valence-electron chi connectivity index (χ3n) is 8.61. The fraction of sp³-hybridized carbons (Fsp3) is 0.438. The van der Waals surface area contributed by atoms with Crippen molar-refractivity contribution < 1.29 is 24.5 Å². The van der Waals surface area contributed by atoms with Gasteiger partial charge in [-0.05, 0) is 55.0 Å². The van der Waals surface area contributed by atoms with Gasteiger partial charge in [0, 0.05) is 49.7 Å². The first-order valence-electron chi connectivity index (χ1n) is 15.0. The number of aromatic nitrogens is 1. The van der Waals surface area contributed by atoms with Crippen LogP contribution in [0.25, 0.3) is 10.2 Å². The molecule has 12 heteroatoms. The van der Waals surface area contributed by atoms with E-state index in [4.69, 9.17) is 9.47 Å². The summed E-state index contributed by atoms with van der Waals surface area (Å²) in [5.74, 6) is 0.924. The first-order valence-corrected chi connectivity index (χ1v) is 16.6. The van der Waals surface area contributed by atoms with Gasteiger partial charge in [0.15, 0.2) is 0 Å². The maximum absolute atomic E-state index is 13.1. The molecule has 2 aromatic carbocycles. The highest BCUT2D eigenvalue weighted by Crippen LogP contribution is 2.32. The van der Waals surface area contributed by atoms with Crippen molar-refractivity contribution in [2.45, 2.75) is 38.0 Å². The SMILES string of the molecule is Cc1sccc1C(=O)N1CCOC2(CCN(CCOc3ccc(CNC[C@H](O)c4ccc(O)c5[nH]c(=O)sc45)cc3)CC2)C1. The lowest BCUT2D eigenvalue weighted by molar-refractivity contribution is -0.127. The van der Waals surface area contributed by atoms with Crippen molar-refractivity contribution in [3.05, 3.63) is 79.1 Å². The highest BCUT2D eigenvalue weighted by molar-refractivity contribution is 7.16. The molecule has 2 aliphatic heterocycles. The number of ether oxygens (including phenoxy) is 2. The van der Waals surface area contributed by atoms with Crippen LogP contribution in [0.2, 0.25) is 0 Å². The van der Waals surface area contributed by atoms with Crippen LogP contribution in [0, 0.1) is 6.92 Å². The number of phenols is 1. The summed E-state index contributed by atoms with van der Waals surface area (Å²) in [7, 11) is 0. The van der Waals surface area contributed by atoms with Gasteiger partial charge in [0.25, 0.3) is 5.91 Å². The second-order valence-corrected chi connectivity index (χ2v) is 13.6. The lowest BCUT2D eigenvalue weighted by atomic mass is 9.89. The van der Waals surface area contributed by atoms with E-state index >= 15 is 0 Å². The number of aromatic hydroxyl groups is 1. The Hall–Kier alpha value is -3.26. The van der Waals surface area contributed by atoms with Gasteiger partial charge in [0.2, 0.25) is 0 Å². The van der Waals surface area contributed by atoms with Gasteiger partial charge >= 0.3 is 4.87 Å². The quantitative estimate of drug-likeness (QED) is 0.206. The van der Waals surface area contributed by atoms with Crippen LogP contribution in [0.5, 0.6) is 11.5 Å². The number of piperidine rings is 1. The third kappa shape index (κ3) is 6.85. The van der Waals surface area contributed by atoms with Gasteiger partial charge in [-0.3, -0.25) is 14.5 Å². The molecule has 0 bridgehead atoms. The second-order valence-electron chi connectivity index (χ2n) is 11.5. The monoisotopic (exact) mass is 638 g/mol. The fourth-order valence-electron chi connectivity index (χ4n) is 6.04. The number of H-pyrrole nitrogens is 1. The van der Waals surface area contributed by atoms with Crippen LogP contribution in [-0.2, 0) is 11.3 Å². The van der Waals surface area contributed by atoms with Gasteiger partial charge in [-0.2, -0.15) is 0 Å². The van der Waals surface area contributed by atoms with Gasteiger partial charge in [-0.15, -0.1) is 11.3 Å². The predicted octanol–water partition coefficient (Wildman–Crippen LogP) is 3.87. The molecule has 0 unspecified atom stereocenters. The Morgan fingerprint density at radius 3 is 2.70 bits per heavy atom. The van der Waals surface area contributed by atoms with E-state index in [-0.39, 0.29) is 22.1 Å². The highest BCUT2D eigenvalue weighted by Gasteiger charge is 2.41. The Labute approximate surface area is 263 Å². The third-order valence-corrected chi connectivity index (χ3v) is 10.4. The normalized spacial score (nSPS) is 17.7. The molecule has 4 N–H and O–H groups in total. The van der Waals surface area contributed by atoms with Crippen molar-refractivity contribution in [2.24, 2.45) is 0 Å². The number of carbonyl (C=O) groups is 1. The topological polar surface area (TPSA) is 127 Å². The van der Waals surface area contributed by atoms with E-state index in [1.165, 1.54) is 6.07 Å². The smallest absolute Gasteiger partial charge is 0.305 e. The molecule has 4 aromatic rings. The second kappa shape index (κ2) is 13.4. The fourth-order valence-corrected chi connectivity index (χ4v) is 7.65. The van der Waals surface area contributed by atoms with E-state index in [1.807, 2.05) is 47.5 Å². The summed E-state index contributed by atoms with van der Waals surface area (Å²) >= 11 is 2.59. The molecule has 234 valence electrons. The zero-order chi connectivity index (χ0) is 30.7. The van der Waals surface area contributed by atoms with Crippen LogP contribution in [-0.4, -0.2) is 89.0 Å². The Kier molecular flexibility index (Phi) is 9.36. The molecule has 1 amide bonds. The number of aromatic amines is 1. The molecule has 0 radical (unpaired) electrons. The number of morpholine rings is 1. The molecule has 1 spiro atoms. The maximum Gasteiger partial charge on any atom is 0.305 e. The number of amides is 1. The van der Waals surface area contributed by atoms with E-state index in [2.05, 4.69) is 15.2 Å². The summed E-state index contributed by atoms with van der Waals surface area (Å²) in [6.45, 7) is 8.00. The van der Waals surface area contributed by atoms with Crippen LogP contribution >= 0.6 is 22.7 Å². The lowest BCUT2D eigenvalue weighted by Crippen LogP contribution is -2.58. The number of nitrogens with zero attached hydrogens (tertiary/aromatic N) is 2. The average molecular weight is 639 g/mol. The van der Waals surface area contributed by atoms with Crippen molar-refractivity contribution in [3.8, 4) is 11.5 Å². The standard InChI is InChI=1S/C32H38N4O6S2/c1-21-24(8-17-43-21)30(39)36-14-16-42-32(20-36)9-11-35(12-10-32)13-15-41-23-4-2-22(3-5-23)18-33-19-27(38)25-6-7-26(37)28-29(25)44-31(40)34-28/h2-8,17,27,33,37-38H,9-16,18-20H2,1H3,(H,34,40)/t27-/m0/s1. The Morgan fingerprint density at radius 2 is 1.95 bits per heavy atom. The summed E-state index contributed by atoms with van der Waals surface area (Å²) in [5.41, 5.74) is 2.58. The number of likely N-dealkylation sites (tertiary alicyclic amines) is 1. The van der Waals surface area contributed by atoms with Crippen LogP contribution in [0.1, 0.15) is 45.3 Å². The molecule has 0 aliphatic carbocycles. The molecule has 1 atom stereocenters. The van der Waals surface area contributed by atoms with E-state index in [0.717, 1.165) is 65.6 Å². The molecule has 2 fully saturated rings. The number of fused-ring (bicyclic) bond motifs is 1. The number of carbonyl (C=O) groups excluding carboxylic acids is 1. The number of nitrogens with one attached hydrogen (secondary N) is 2. The van der Waals surface area contributed by atoms with Crippen molar-refractivity contribution in [1.82, 2.24) is 20.1 Å². The average Bonchev–Trinajstić information content (AvgIpc) is 3.64. The number of thiazole rings is 1. The van der Waals surface area contributed by atoms with Gasteiger partial charge in [-0.1, -0.05) is 29.5 Å². The van der Waals surface area contributed by atoms with E-state index in [1.54, 1.807) is 17.4 Å². The largest absolute Gasteiger partial charge is 0.506 e. The Bertz CT molecular complexity index is 1640. The first-order chi connectivity index (χ1) is 21.3. The zero-order valence-electron chi connectivity index (χ0n) is 24.7. The number of benzene rings is 2. The summed E-state index contributed by atoms with van der Waals surface area (Å²) in [5, 5.41) is 25.9. The molecule has 10 nitrogen and oxygen atoms in total. The molecule has 2 aromatic heterocycles. The molecule has 2 saturated heterocycles. The first kappa shape index (κ1) is 30.8. The summed E-state index contributed by atoms with van der Waals surface area (Å²) in [6, 6.07) is 13.0. The van der Waals surface area contributed by atoms with Gasteiger partial charge in [0.1, 0.15) is 23.6 Å². The van der Waals surface area contributed by atoms with Crippen LogP contribution in [0.4, 0.5) is 0 Å². The van der Waals surface area contributed by atoms with E-state index < -0.39 is 6.10 Å². The van der Waals surface area contributed by atoms with Gasteiger partial charge < -0.3 is 34.9 Å². The van der Waals surface area contributed by atoms with Crippen molar-refractivity contribution in [1.29, 1.82) is 0 Å². The molecule has 0 saturated carbocycles. The number of phenolic OH excluding ortho intramolecular Hbond substituents is 1. The predicted molar refractivity (Wildman–Crippen MR) is 172 cm³/mol. The molecule has 2 aliphatic rings. The molecule has 4 heterocycles. The molecule has 6 rings (SSSR count). The molecular weight excluding hydrogens is 601 g/mol. The van der Waals surface area contributed by atoms with Crippen molar-refractivity contribution >= 4 is 38.8 Å².